The Kier molecular flexibility index (Phi) is 9.19. The van der Waals surface area contributed by atoms with Crippen LogP contribution in [0.1, 0.15) is 97.5 Å². The minimum absolute atomic E-state index is 0.0141. The van der Waals surface area contributed by atoms with Crippen LogP contribution in [0.2, 0.25) is 0 Å². The fourth-order valence-corrected chi connectivity index (χ4v) is 11.2. The number of amides is 1. The molecule has 1 aliphatic carbocycles. The maximum Gasteiger partial charge on any atom is 0.438 e. The van der Waals surface area contributed by atoms with E-state index in [9.17, 15) is 9.59 Å². The van der Waals surface area contributed by atoms with Crippen molar-refractivity contribution in [2.45, 2.75) is 83.9 Å². The molecule has 1 N–H and O–H groups in total. The number of carbonyl (C=O) groups is 1. The molecule has 2 fully saturated rings. The fraction of sp³-hybridized carbons (Fsp3) is 0.314. The number of fused-ring (bicyclic) bond motifs is 5. The summed E-state index contributed by atoms with van der Waals surface area (Å²) < 4.78 is 50.5. The summed E-state index contributed by atoms with van der Waals surface area (Å²) in [5, 5.41) is 14.7. The summed E-state index contributed by atoms with van der Waals surface area (Å²) in [4.78, 5) is 52.8. The van der Waals surface area contributed by atoms with Gasteiger partial charge >= 0.3 is 11.4 Å². The number of hydrogen-bond acceptors (Lipinski definition) is 9. The second-order valence-corrected chi connectivity index (χ2v) is 19.5. The smallest absolute Gasteiger partial charge is 0.376 e. The SMILES string of the molecule is Cc1cc(-n2nc3c(c2-n2ccn(-c4ccc5c(cnn5C)c4F)c2=O)[C@H](C)N(C(=O)c2cc4cc([C@H]5CCOC(C)(C)C5)ccc4n2[C@@]2(c4noc(=O)[nH]4)C[C@@H]2C)c2ncccc2-3)cc(C)c1F. The van der Waals surface area contributed by atoms with Gasteiger partial charge in [0.25, 0.3) is 5.91 Å². The Morgan fingerprint density at radius 3 is 2.41 bits per heavy atom. The average molecular weight is 932 g/mol. The third-order valence-corrected chi connectivity index (χ3v) is 14.7. The molecule has 3 aromatic carbocycles. The lowest BCUT2D eigenvalue weighted by Gasteiger charge is -2.35. The molecule has 1 saturated carbocycles. The highest BCUT2D eigenvalue weighted by atomic mass is 19.1. The second kappa shape index (κ2) is 14.9. The summed E-state index contributed by atoms with van der Waals surface area (Å²) in [5.74, 6) is -1.03. The van der Waals surface area contributed by atoms with Gasteiger partial charge in [0.2, 0.25) is 0 Å². The van der Waals surface area contributed by atoms with Gasteiger partial charge in [-0.3, -0.25) is 33.0 Å². The number of anilines is 1. The number of halogens is 2. The van der Waals surface area contributed by atoms with Crippen LogP contribution in [0.25, 0.3) is 50.3 Å². The van der Waals surface area contributed by atoms with E-state index >= 15 is 13.6 Å². The molecule has 350 valence electrons. The first-order valence-electron chi connectivity index (χ1n) is 23.0. The minimum Gasteiger partial charge on any atom is -0.376 e. The molecule has 6 aromatic heterocycles. The molecule has 16 nitrogen and oxygen atoms in total. The van der Waals surface area contributed by atoms with E-state index in [1.165, 1.54) is 33.8 Å². The van der Waals surface area contributed by atoms with Gasteiger partial charge in [0.05, 0.1) is 40.1 Å². The normalized spacial score (nSPS) is 20.7. The zero-order valence-electron chi connectivity index (χ0n) is 38.9. The zero-order valence-corrected chi connectivity index (χ0v) is 38.9. The molecule has 69 heavy (non-hydrogen) atoms. The lowest BCUT2D eigenvalue weighted by molar-refractivity contribution is -0.0592. The lowest BCUT2D eigenvalue weighted by atomic mass is 9.83. The number of benzene rings is 3. The van der Waals surface area contributed by atoms with E-state index in [2.05, 4.69) is 41.2 Å². The number of aromatic nitrogens is 10. The Bertz CT molecular complexity index is 3730. The van der Waals surface area contributed by atoms with E-state index in [1.807, 2.05) is 36.6 Å². The van der Waals surface area contributed by atoms with Crippen LogP contribution in [0.15, 0.2) is 99.6 Å². The van der Waals surface area contributed by atoms with Crippen LogP contribution in [-0.4, -0.2) is 66.5 Å². The maximum atomic E-state index is 16.3. The number of nitrogens with one attached hydrogen (secondary N) is 1. The van der Waals surface area contributed by atoms with Gasteiger partial charge in [-0.25, -0.2) is 28.0 Å². The number of carbonyl (C=O) groups excluding carboxylic acids is 1. The number of imidazole rings is 1. The quantitative estimate of drug-likeness (QED) is 0.165. The van der Waals surface area contributed by atoms with E-state index in [1.54, 1.807) is 65.6 Å². The van der Waals surface area contributed by atoms with Crippen LogP contribution in [0.4, 0.5) is 14.6 Å². The van der Waals surface area contributed by atoms with Crippen LogP contribution < -0.4 is 16.3 Å². The van der Waals surface area contributed by atoms with Crippen molar-refractivity contribution < 1.29 is 22.8 Å². The summed E-state index contributed by atoms with van der Waals surface area (Å²) in [5.41, 5.74) is 3.59. The Morgan fingerprint density at radius 2 is 1.68 bits per heavy atom. The molecular weight excluding hydrogens is 885 g/mol. The van der Waals surface area contributed by atoms with Crippen LogP contribution in [0.3, 0.4) is 0 Å². The molecule has 2 aliphatic heterocycles. The Hall–Kier alpha value is -7.73. The van der Waals surface area contributed by atoms with Crippen LogP contribution in [0, 0.1) is 31.4 Å². The number of hydrogen-bond donors (Lipinski definition) is 1. The molecule has 3 aliphatic rings. The lowest BCUT2D eigenvalue weighted by Crippen LogP contribution is -2.40. The van der Waals surface area contributed by atoms with Gasteiger partial charge in [-0.1, -0.05) is 18.1 Å². The summed E-state index contributed by atoms with van der Waals surface area (Å²) in [6, 6.07) is 17.5. The van der Waals surface area contributed by atoms with Gasteiger partial charge in [0.1, 0.15) is 28.6 Å². The van der Waals surface area contributed by atoms with E-state index in [0.29, 0.717) is 69.5 Å². The summed E-state index contributed by atoms with van der Waals surface area (Å²) >= 11 is 0. The third kappa shape index (κ3) is 6.23. The van der Waals surface area contributed by atoms with Crippen molar-refractivity contribution in [3.8, 4) is 28.5 Å². The van der Waals surface area contributed by atoms with E-state index < -0.39 is 34.8 Å². The topological polar surface area (TPSA) is 169 Å². The largest absolute Gasteiger partial charge is 0.438 e. The molecule has 0 unspecified atom stereocenters. The molecule has 0 radical (unpaired) electrons. The van der Waals surface area contributed by atoms with Gasteiger partial charge in [-0.05, 0) is 137 Å². The third-order valence-electron chi connectivity index (χ3n) is 14.7. The number of aryl methyl sites for hydroxylation is 3. The molecule has 1 saturated heterocycles. The highest BCUT2D eigenvalue weighted by Crippen LogP contribution is 2.56. The molecule has 1 amide bonds. The maximum absolute atomic E-state index is 16.3. The van der Waals surface area contributed by atoms with Gasteiger partial charge in [0.15, 0.2) is 17.5 Å². The predicted octanol–water partition coefficient (Wildman–Crippen LogP) is 8.47. The number of nitrogens with zero attached hydrogens (tertiary/aromatic N) is 10. The number of pyridine rings is 1. The predicted molar refractivity (Wildman–Crippen MR) is 253 cm³/mol. The van der Waals surface area contributed by atoms with Crippen LogP contribution in [0.5, 0.6) is 0 Å². The van der Waals surface area contributed by atoms with Crippen molar-refractivity contribution in [3.63, 3.8) is 0 Å². The molecule has 0 spiro atoms. The van der Waals surface area contributed by atoms with E-state index in [-0.39, 0.29) is 40.1 Å². The molecule has 8 heterocycles. The first-order chi connectivity index (χ1) is 33.1. The molecule has 18 heteroatoms. The number of rotatable bonds is 7. The highest BCUT2D eigenvalue weighted by molar-refractivity contribution is 6.11. The minimum atomic E-state index is -0.934. The van der Waals surface area contributed by atoms with Crippen molar-refractivity contribution in [2.24, 2.45) is 13.0 Å². The number of aromatic amines is 1. The van der Waals surface area contributed by atoms with Crippen LogP contribution in [-0.2, 0) is 17.3 Å². The van der Waals surface area contributed by atoms with Crippen molar-refractivity contribution in [1.82, 2.24) is 48.4 Å². The van der Waals surface area contributed by atoms with Crippen molar-refractivity contribution in [2.75, 3.05) is 11.5 Å². The molecule has 4 atom stereocenters. The number of H-pyrrole nitrogens is 1. The van der Waals surface area contributed by atoms with Gasteiger partial charge in [-0.15, -0.1) is 0 Å². The van der Waals surface area contributed by atoms with Crippen molar-refractivity contribution in [1.29, 1.82) is 0 Å². The number of ether oxygens (including phenoxy) is 1. The second-order valence-electron chi connectivity index (χ2n) is 19.5. The Labute approximate surface area is 392 Å². The monoisotopic (exact) mass is 931 g/mol. The summed E-state index contributed by atoms with van der Waals surface area (Å²) in [6.07, 6.45) is 8.30. The van der Waals surface area contributed by atoms with Crippen molar-refractivity contribution >= 4 is 33.5 Å². The van der Waals surface area contributed by atoms with Crippen LogP contribution >= 0.6 is 0 Å². The van der Waals surface area contributed by atoms with Gasteiger partial charge < -0.3 is 9.30 Å². The molecule has 0 bridgehead atoms. The van der Waals surface area contributed by atoms with Crippen molar-refractivity contribution in [3.05, 3.63) is 152 Å². The van der Waals surface area contributed by atoms with E-state index in [0.717, 1.165) is 29.3 Å². The molecular formula is C51H47F2N11O5. The standard InChI is InChI=1S/C51H47F2N11O5/c1-26-19-33(20-27(2)41(26)52)64-45(61-17-16-60(49(61)67)38-13-12-37-35(42(38)53)25-55-59(37)7)40-29(4)62(44-34(43(40)57-64)9-8-15-54-44)46(65)39-22-32-21-30(31-14-18-68-50(5,6)24-31)10-11-36(32)63(39)51(23-28(51)3)47-56-48(66)69-58-47/h8-13,15-17,19-22,25,28-29,31H,14,18,23-24H2,1-7H3,(H,56,58,66)/t28-,29-,31-,51-/m0/s1. The summed E-state index contributed by atoms with van der Waals surface area (Å²) in [7, 11) is 1.71. The Morgan fingerprint density at radius 1 is 0.928 bits per heavy atom. The van der Waals surface area contributed by atoms with E-state index in [4.69, 9.17) is 19.3 Å². The molecule has 12 rings (SSSR count). The molecule has 9 aromatic rings. The first kappa shape index (κ1) is 42.6. The highest BCUT2D eigenvalue weighted by Gasteiger charge is 2.59. The van der Waals surface area contributed by atoms with Gasteiger partial charge in [0, 0.05) is 54.3 Å². The first-order valence-corrected chi connectivity index (χ1v) is 23.0. The fourth-order valence-electron chi connectivity index (χ4n) is 11.2. The average Bonchev–Trinajstić information content (AvgIpc) is 3.96. The Balaban J connectivity index is 1.07. The summed E-state index contributed by atoms with van der Waals surface area (Å²) in [6.45, 7) is 12.1. The van der Waals surface area contributed by atoms with Gasteiger partial charge in [-0.2, -0.15) is 10.2 Å². The zero-order chi connectivity index (χ0) is 48.0.